The van der Waals surface area contributed by atoms with Crippen molar-refractivity contribution in [2.24, 2.45) is 5.92 Å². The van der Waals surface area contributed by atoms with Crippen molar-refractivity contribution in [2.75, 3.05) is 13.4 Å². The second kappa shape index (κ2) is 21.4. The summed E-state index contributed by atoms with van der Waals surface area (Å²) in [6.45, 7) is 30.7. The summed E-state index contributed by atoms with van der Waals surface area (Å²) in [5.74, 6) is 0.638. The minimum absolute atomic E-state index is 0.0397. The third-order valence-corrected chi connectivity index (χ3v) is 13.0. The number of esters is 1. The Bertz CT molecular complexity index is 1920. The molecule has 3 aromatic rings. The molecule has 57 heavy (non-hydrogen) atoms. The van der Waals surface area contributed by atoms with E-state index in [9.17, 15) is 14.4 Å². The SMILES string of the molecule is CCc1oc([C@H](C)[C@H](OCc2ccccc2)[C@@H](C)[C@H](OC(C)=O)/C(C)=C/[C@@H](C)c2oc([C@H](C)[C@H](CC)OCOCC[Si](C)(C)C)c(C)c(=O)c2C)c(C)c(=O)c1C. The molecule has 2 heterocycles. The van der Waals surface area contributed by atoms with Crippen molar-refractivity contribution in [3.05, 3.63) is 113 Å². The van der Waals surface area contributed by atoms with Crippen LogP contribution in [0.2, 0.25) is 25.7 Å². The Labute approximate surface area is 342 Å². The minimum Gasteiger partial charge on any atom is -0.465 e. The van der Waals surface area contributed by atoms with E-state index in [1.807, 2.05) is 84.9 Å². The maximum absolute atomic E-state index is 13.7. The van der Waals surface area contributed by atoms with Crippen LogP contribution in [-0.2, 0) is 36.8 Å². The number of benzene rings is 1. The molecule has 0 fully saturated rings. The van der Waals surface area contributed by atoms with E-state index < -0.39 is 26.3 Å². The summed E-state index contributed by atoms with van der Waals surface area (Å²) in [5.41, 5.74) is 3.93. The molecule has 0 amide bonds. The highest BCUT2D eigenvalue weighted by molar-refractivity contribution is 6.76. The Kier molecular flexibility index (Phi) is 18.0. The predicted octanol–water partition coefficient (Wildman–Crippen LogP) is 10.6. The zero-order chi connectivity index (χ0) is 42.8. The van der Waals surface area contributed by atoms with Gasteiger partial charge in [0.25, 0.3) is 0 Å². The van der Waals surface area contributed by atoms with E-state index in [1.165, 1.54) is 6.92 Å². The van der Waals surface area contributed by atoms with Gasteiger partial charge < -0.3 is 27.8 Å². The number of ether oxygens (including phenoxy) is 4. The largest absolute Gasteiger partial charge is 0.465 e. The number of aryl methyl sites for hydroxylation is 1. The van der Waals surface area contributed by atoms with Crippen LogP contribution in [0.1, 0.15) is 130 Å². The highest BCUT2D eigenvalue weighted by atomic mass is 28.3. The molecule has 2 aromatic heterocycles. The molecule has 9 nitrogen and oxygen atoms in total. The van der Waals surface area contributed by atoms with Gasteiger partial charge in [0.1, 0.15) is 35.9 Å². The topological polar surface area (TPSA) is 114 Å². The lowest BCUT2D eigenvalue weighted by Crippen LogP contribution is -2.39. The Morgan fingerprint density at radius 1 is 0.789 bits per heavy atom. The number of allylic oxidation sites excluding steroid dienone is 1. The zero-order valence-electron chi connectivity index (χ0n) is 37.4. The molecule has 0 radical (unpaired) electrons. The fraction of sp³-hybridized carbons (Fsp3) is 0.596. The first kappa shape index (κ1) is 47.8. The average molecular weight is 807 g/mol. The van der Waals surface area contributed by atoms with Gasteiger partial charge in [0, 0.05) is 74.0 Å². The molecule has 10 heteroatoms. The van der Waals surface area contributed by atoms with Crippen molar-refractivity contribution < 1.29 is 32.6 Å². The van der Waals surface area contributed by atoms with E-state index >= 15 is 0 Å². The summed E-state index contributed by atoms with van der Waals surface area (Å²) in [5, 5.41) is 0. The van der Waals surface area contributed by atoms with Gasteiger partial charge in [0.05, 0.1) is 18.8 Å². The lowest BCUT2D eigenvalue weighted by Gasteiger charge is -2.35. The van der Waals surface area contributed by atoms with Crippen LogP contribution in [0.15, 0.2) is 60.4 Å². The molecule has 316 valence electrons. The van der Waals surface area contributed by atoms with Crippen LogP contribution in [0.4, 0.5) is 0 Å². The predicted molar refractivity (Wildman–Crippen MR) is 231 cm³/mol. The van der Waals surface area contributed by atoms with E-state index in [1.54, 1.807) is 20.8 Å². The smallest absolute Gasteiger partial charge is 0.303 e. The van der Waals surface area contributed by atoms with Crippen molar-refractivity contribution in [1.29, 1.82) is 0 Å². The summed E-state index contributed by atoms with van der Waals surface area (Å²) in [6.07, 6.45) is 1.87. The normalized spacial score (nSPS) is 16.1. The van der Waals surface area contributed by atoms with Crippen molar-refractivity contribution in [3.63, 3.8) is 0 Å². The van der Waals surface area contributed by atoms with Crippen molar-refractivity contribution in [1.82, 2.24) is 0 Å². The van der Waals surface area contributed by atoms with E-state index in [4.69, 9.17) is 27.8 Å². The Hall–Kier alpha value is -3.57. The number of hydrogen-bond donors (Lipinski definition) is 0. The monoisotopic (exact) mass is 806 g/mol. The van der Waals surface area contributed by atoms with Gasteiger partial charge in [0.2, 0.25) is 0 Å². The molecular weight excluding hydrogens is 737 g/mol. The highest BCUT2D eigenvalue weighted by Crippen LogP contribution is 2.36. The Balaban J connectivity index is 2.03. The molecule has 0 aliphatic heterocycles. The molecule has 0 aliphatic carbocycles. The van der Waals surface area contributed by atoms with Crippen LogP contribution in [0.3, 0.4) is 0 Å². The van der Waals surface area contributed by atoms with Crippen LogP contribution in [0.25, 0.3) is 0 Å². The summed E-state index contributed by atoms with van der Waals surface area (Å²) >= 11 is 0. The molecule has 0 aliphatic rings. The van der Waals surface area contributed by atoms with Gasteiger partial charge in [-0.25, -0.2) is 0 Å². The summed E-state index contributed by atoms with van der Waals surface area (Å²) in [7, 11) is -1.22. The van der Waals surface area contributed by atoms with E-state index in [0.29, 0.717) is 64.9 Å². The van der Waals surface area contributed by atoms with Crippen LogP contribution in [0.5, 0.6) is 0 Å². The summed E-state index contributed by atoms with van der Waals surface area (Å²) in [6, 6.07) is 10.9. The molecule has 0 saturated carbocycles. The zero-order valence-corrected chi connectivity index (χ0v) is 38.4. The first-order valence-electron chi connectivity index (χ1n) is 20.7. The van der Waals surface area contributed by atoms with Crippen molar-refractivity contribution >= 4 is 14.0 Å². The third kappa shape index (κ3) is 12.7. The van der Waals surface area contributed by atoms with Crippen molar-refractivity contribution in [2.45, 2.75) is 164 Å². The van der Waals surface area contributed by atoms with Gasteiger partial charge >= 0.3 is 5.97 Å². The third-order valence-electron chi connectivity index (χ3n) is 11.3. The van der Waals surface area contributed by atoms with Gasteiger partial charge in [-0.3, -0.25) is 14.4 Å². The van der Waals surface area contributed by atoms with E-state index in [-0.39, 0.29) is 47.4 Å². The molecule has 0 saturated heterocycles. The van der Waals surface area contributed by atoms with Crippen LogP contribution >= 0.6 is 0 Å². The molecule has 1 aromatic carbocycles. The Morgan fingerprint density at radius 3 is 1.93 bits per heavy atom. The summed E-state index contributed by atoms with van der Waals surface area (Å²) < 4.78 is 38.0. The van der Waals surface area contributed by atoms with Crippen LogP contribution in [0, 0.1) is 33.6 Å². The number of hydrogen-bond acceptors (Lipinski definition) is 9. The molecule has 0 N–H and O–H groups in total. The van der Waals surface area contributed by atoms with Gasteiger partial charge in [-0.05, 0) is 58.2 Å². The number of rotatable bonds is 21. The first-order valence-corrected chi connectivity index (χ1v) is 24.4. The highest BCUT2D eigenvalue weighted by Gasteiger charge is 2.37. The average Bonchev–Trinajstić information content (AvgIpc) is 3.16. The lowest BCUT2D eigenvalue weighted by molar-refractivity contribution is -0.150. The maximum Gasteiger partial charge on any atom is 0.303 e. The molecular formula is C47H70O9Si. The van der Waals surface area contributed by atoms with Gasteiger partial charge in [-0.15, -0.1) is 0 Å². The quantitative estimate of drug-likeness (QED) is 0.0341. The molecule has 0 spiro atoms. The minimum atomic E-state index is -1.22. The fourth-order valence-electron chi connectivity index (χ4n) is 7.78. The molecule has 3 rings (SSSR count). The van der Waals surface area contributed by atoms with Crippen molar-refractivity contribution in [3.8, 4) is 0 Å². The van der Waals surface area contributed by atoms with Gasteiger partial charge in [-0.2, -0.15) is 0 Å². The molecule has 7 atom stereocenters. The van der Waals surface area contributed by atoms with E-state index in [2.05, 4.69) is 26.6 Å². The van der Waals surface area contributed by atoms with Gasteiger partial charge in [-0.1, -0.05) is 97.6 Å². The van der Waals surface area contributed by atoms with Crippen LogP contribution in [-0.4, -0.2) is 45.8 Å². The first-order chi connectivity index (χ1) is 26.7. The number of carbonyl (C=O) groups is 1. The second-order valence-electron chi connectivity index (χ2n) is 17.1. The van der Waals surface area contributed by atoms with Crippen LogP contribution < -0.4 is 10.9 Å². The maximum atomic E-state index is 13.7. The Morgan fingerprint density at radius 2 is 1.37 bits per heavy atom. The second-order valence-corrected chi connectivity index (χ2v) is 22.7. The number of carbonyl (C=O) groups excluding carboxylic acids is 1. The van der Waals surface area contributed by atoms with E-state index in [0.717, 1.165) is 23.6 Å². The molecule has 0 unspecified atom stereocenters. The standard InChI is InChI=1S/C47H70O9Si/c1-16-39(53-27-51-23-24-57(13,14)15)31(6)46-34(9)42(50)32(7)43(56-46)28(3)25-29(4)44(54-37(12)48)35(10)45(52-26-38-21-19-18-20-22-38)36(11)47-33(8)41(49)30(5)40(17-2)55-47/h18-22,25,28,31,35-36,39,44-45H,16-17,23-24,26-27H2,1-15H3/b29-25+/t28-,31-,35+,36-,39+,44-,45-/m1/s1. The summed E-state index contributed by atoms with van der Waals surface area (Å²) in [4.78, 5) is 39.9. The van der Waals surface area contributed by atoms with Gasteiger partial charge in [0.15, 0.2) is 10.9 Å². The fourth-order valence-corrected chi connectivity index (χ4v) is 8.54. The molecule has 0 bridgehead atoms. The lowest BCUT2D eigenvalue weighted by atomic mass is 9.83.